The summed E-state index contributed by atoms with van der Waals surface area (Å²) in [6.45, 7) is 0.856. The highest BCUT2D eigenvalue weighted by Crippen LogP contribution is 2.30. The number of allylic oxidation sites excluding steroid dienone is 3. The lowest BCUT2D eigenvalue weighted by molar-refractivity contribution is -0.117. The van der Waals surface area contributed by atoms with Gasteiger partial charge in [0.1, 0.15) is 12.4 Å². The van der Waals surface area contributed by atoms with Crippen LogP contribution in [0.4, 0.5) is 5.95 Å². The number of aromatic nitrogens is 3. The Hall–Kier alpha value is -3.94. The summed E-state index contributed by atoms with van der Waals surface area (Å²) < 4.78 is 7.30. The third-order valence-corrected chi connectivity index (χ3v) is 5.62. The molecule has 0 spiro atoms. The lowest BCUT2D eigenvalue weighted by atomic mass is 10.0. The zero-order valence-corrected chi connectivity index (χ0v) is 18.2. The Morgan fingerprint density at radius 3 is 2.73 bits per heavy atom. The maximum atomic E-state index is 12.5. The number of hydrogen-bond acceptors (Lipinski definition) is 5. The minimum atomic E-state index is -0.149. The average molecular weight is 444 g/mol. The first-order chi connectivity index (χ1) is 16.2. The molecule has 2 heterocycles. The van der Waals surface area contributed by atoms with Crippen LogP contribution in [0.3, 0.4) is 0 Å². The lowest BCUT2D eigenvalue weighted by Crippen LogP contribution is -2.27. The van der Waals surface area contributed by atoms with Crippen LogP contribution in [-0.4, -0.2) is 39.6 Å². The largest absolute Gasteiger partial charge is 0.492 e. The molecule has 2 aromatic heterocycles. The normalized spacial score (nSPS) is 15.2. The van der Waals surface area contributed by atoms with Gasteiger partial charge < -0.3 is 10.1 Å². The van der Waals surface area contributed by atoms with E-state index in [0.717, 1.165) is 42.6 Å². The van der Waals surface area contributed by atoms with E-state index in [1.807, 2.05) is 30.3 Å². The summed E-state index contributed by atoms with van der Waals surface area (Å²) >= 11 is 0. The Morgan fingerprint density at radius 2 is 1.97 bits per heavy atom. The second-order valence-corrected chi connectivity index (χ2v) is 8.16. The standard InChI is InChI=1S/C25H25N5O3/c31-23(26-14-16-33-20-5-2-1-3-6-20)18-10-8-17(9-11-18)21-7-4-15-30-22(21)27-25(29-30)28-24(32)19-12-13-19/h2,4-11,15,19H,1,3,12-14,16H2,(H,26,31)(H,28,29,32). The second-order valence-electron chi connectivity index (χ2n) is 8.16. The van der Waals surface area contributed by atoms with Gasteiger partial charge in [0.15, 0.2) is 5.65 Å². The third-order valence-electron chi connectivity index (χ3n) is 5.62. The molecule has 33 heavy (non-hydrogen) atoms. The molecule has 1 aromatic carbocycles. The molecule has 1 fully saturated rings. The number of anilines is 1. The number of rotatable bonds is 8. The van der Waals surface area contributed by atoms with Gasteiger partial charge in [0.05, 0.1) is 6.54 Å². The first-order valence-electron chi connectivity index (χ1n) is 11.2. The predicted molar refractivity (Wildman–Crippen MR) is 125 cm³/mol. The number of pyridine rings is 1. The molecule has 2 aliphatic carbocycles. The van der Waals surface area contributed by atoms with Crippen LogP contribution < -0.4 is 10.6 Å². The predicted octanol–water partition coefficient (Wildman–Crippen LogP) is 3.73. The summed E-state index contributed by atoms with van der Waals surface area (Å²) in [6, 6.07) is 11.2. The van der Waals surface area contributed by atoms with E-state index in [1.54, 1.807) is 22.8 Å². The van der Waals surface area contributed by atoms with Crippen molar-refractivity contribution in [3.05, 3.63) is 72.1 Å². The lowest BCUT2D eigenvalue weighted by Gasteiger charge is -2.11. The molecule has 8 heteroatoms. The Labute approximate surface area is 191 Å². The van der Waals surface area contributed by atoms with E-state index in [0.29, 0.717) is 30.3 Å². The van der Waals surface area contributed by atoms with Gasteiger partial charge in [-0.3, -0.25) is 14.9 Å². The Morgan fingerprint density at radius 1 is 1.12 bits per heavy atom. The molecular weight excluding hydrogens is 418 g/mol. The molecule has 168 valence electrons. The highest BCUT2D eigenvalue weighted by Gasteiger charge is 2.30. The van der Waals surface area contributed by atoms with E-state index in [9.17, 15) is 9.59 Å². The molecule has 0 saturated heterocycles. The molecular formula is C25H25N5O3. The van der Waals surface area contributed by atoms with Gasteiger partial charge in [0.25, 0.3) is 5.91 Å². The SMILES string of the molecule is O=C(NCCOC1=CCCC=C1)c1ccc(-c2cccn3nc(NC(=O)C4CC4)nc23)cc1. The summed E-state index contributed by atoms with van der Waals surface area (Å²) in [7, 11) is 0. The number of nitrogens with zero attached hydrogens (tertiary/aromatic N) is 3. The van der Waals surface area contributed by atoms with Gasteiger partial charge in [-0.1, -0.05) is 18.2 Å². The Balaban J connectivity index is 1.22. The molecule has 8 nitrogen and oxygen atoms in total. The van der Waals surface area contributed by atoms with Crippen molar-refractivity contribution >= 4 is 23.4 Å². The molecule has 2 amide bonds. The average Bonchev–Trinajstić information content (AvgIpc) is 3.62. The van der Waals surface area contributed by atoms with Gasteiger partial charge in [-0.15, -0.1) is 5.10 Å². The van der Waals surface area contributed by atoms with E-state index in [4.69, 9.17) is 4.74 Å². The summed E-state index contributed by atoms with van der Waals surface area (Å²) in [5.74, 6) is 1.07. The van der Waals surface area contributed by atoms with Crippen molar-refractivity contribution in [2.45, 2.75) is 25.7 Å². The van der Waals surface area contributed by atoms with Crippen LogP contribution in [0.25, 0.3) is 16.8 Å². The molecule has 0 bridgehead atoms. The molecule has 0 aliphatic heterocycles. The summed E-state index contributed by atoms with van der Waals surface area (Å²) in [5.41, 5.74) is 2.99. The summed E-state index contributed by atoms with van der Waals surface area (Å²) in [6.07, 6.45) is 11.8. The first-order valence-corrected chi connectivity index (χ1v) is 11.2. The van der Waals surface area contributed by atoms with Gasteiger partial charge in [0, 0.05) is 23.2 Å². The molecule has 5 rings (SSSR count). The Kier molecular flexibility index (Phi) is 5.89. The minimum absolute atomic E-state index is 0.0276. The smallest absolute Gasteiger partial charge is 0.251 e. The van der Waals surface area contributed by atoms with E-state index in [-0.39, 0.29) is 17.7 Å². The van der Waals surface area contributed by atoms with E-state index < -0.39 is 0 Å². The van der Waals surface area contributed by atoms with Crippen LogP contribution in [-0.2, 0) is 9.53 Å². The van der Waals surface area contributed by atoms with Crippen LogP contribution >= 0.6 is 0 Å². The number of nitrogens with one attached hydrogen (secondary N) is 2. The number of hydrogen-bond donors (Lipinski definition) is 2. The number of carbonyl (C=O) groups is 2. The molecule has 0 atom stereocenters. The zero-order chi connectivity index (χ0) is 22.6. The van der Waals surface area contributed by atoms with Crippen LogP contribution in [0.2, 0.25) is 0 Å². The fraction of sp³-hybridized carbons (Fsp3) is 0.280. The van der Waals surface area contributed by atoms with E-state index >= 15 is 0 Å². The number of amides is 2. The minimum Gasteiger partial charge on any atom is -0.492 e. The Bertz CT molecular complexity index is 1240. The van der Waals surface area contributed by atoms with Gasteiger partial charge in [-0.05, 0) is 67.7 Å². The molecule has 0 radical (unpaired) electrons. The first kappa shape index (κ1) is 20.9. The van der Waals surface area contributed by atoms with E-state index in [2.05, 4.69) is 32.9 Å². The van der Waals surface area contributed by atoms with Crippen molar-refractivity contribution < 1.29 is 14.3 Å². The van der Waals surface area contributed by atoms with Crippen molar-refractivity contribution in [2.75, 3.05) is 18.5 Å². The maximum absolute atomic E-state index is 12.5. The molecule has 0 unspecified atom stereocenters. The van der Waals surface area contributed by atoms with Gasteiger partial charge in [-0.2, -0.15) is 4.98 Å². The van der Waals surface area contributed by atoms with Crippen molar-refractivity contribution in [3.8, 4) is 11.1 Å². The third kappa shape index (κ3) is 4.95. The number of fused-ring (bicyclic) bond motifs is 1. The van der Waals surface area contributed by atoms with Gasteiger partial charge in [0.2, 0.25) is 11.9 Å². The summed E-state index contributed by atoms with van der Waals surface area (Å²) in [5, 5.41) is 10.0. The fourth-order valence-corrected chi connectivity index (χ4v) is 3.68. The zero-order valence-electron chi connectivity index (χ0n) is 18.2. The van der Waals surface area contributed by atoms with Crippen molar-refractivity contribution in [2.24, 2.45) is 5.92 Å². The van der Waals surface area contributed by atoms with Crippen molar-refractivity contribution in [3.63, 3.8) is 0 Å². The number of ether oxygens (including phenoxy) is 1. The molecule has 2 N–H and O–H groups in total. The van der Waals surface area contributed by atoms with Gasteiger partial charge in [-0.25, -0.2) is 4.52 Å². The van der Waals surface area contributed by atoms with Crippen LogP contribution in [0, 0.1) is 5.92 Å². The maximum Gasteiger partial charge on any atom is 0.251 e. The molecule has 3 aromatic rings. The highest BCUT2D eigenvalue weighted by molar-refractivity contribution is 5.95. The van der Waals surface area contributed by atoms with Crippen LogP contribution in [0.5, 0.6) is 0 Å². The number of carbonyl (C=O) groups excluding carboxylic acids is 2. The van der Waals surface area contributed by atoms with E-state index in [1.165, 1.54) is 0 Å². The fourth-order valence-electron chi connectivity index (χ4n) is 3.68. The second kappa shape index (κ2) is 9.28. The monoisotopic (exact) mass is 443 g/mol. The van der Waals surface area contributed by atoms with Crippen molar-refractivity contribution in [1.82, 2.24) is 19.9 Å². The van der Waals surface area contributed by atoms with Crippen LogP contribution in [0.1, 0.15) is 36.0 Å². The topological polar surface area (TPSA) is 97.6 Å². The number of benzene rings is 1. The van der Waals surface area contributed by atoms with Crippen molar-refractivity contribution in [1.29, 1.82) is 0 Å². The van der Waals surface area contributed by atoms with Gasteiger partial charge >= 0.3 is 0 Å². The highest BCUT2D eigenvalue weighted by atomic mass is 16.5. The van der Waals surface area contributed by atoms with Crippen LogP contribution in [0.15, 0.2) is 66.6 Å². The molecule has 1 saturated carbocycles. The molecule has 2 aliphatic rings. The quantitative estimate of drug-likeness (QED) is 0.517. The summed E-state index contributed by atoms with van der Waals surface area (Å²) in [4.78, 5) is 29.0.